The quantitative estimate of drug-likeness (QED) is 0.752. The summed E-state index contributed by atoms with van der Waals surface area (Å²) in [5, 5.41) is 3.36. The van der Waals surface area contributed by atoms with E-state index in [9.17, 15) is 4.39 Å². The van der Waals surface area contributed by atoms with E-state index in [4.69, 9.17) is 0 Å². The molecule has 2 heteroatoms. The number of benzene rings is 1. The van der Waals surface area contributed by atoms with Crippen LogP contribution in [0.25, 0.3) is 0 Å². The van der Waals surface area contributed by atoms with Crippen molar-refractivity contribution in [1.29, 1.82) is 0 Å². The molecule has 2 rings (SSSR count). The molecule has 1 saturated carbocycles. The second kappa shape index (κ2) is 3.36. The summed E-state index contributed by atoms with van der Waals surface area (Å²) in [5.41, 5.74) is 1.01. The Bertz CT molecular complexity index is 277. The van der Waals surface area contributed by atoms with Gasteiger partial charge in [-0.1, -0.05) is 0 Å². The Labute approximate surface area is 78.0 Å². The summed E-state index contributed by atoms with van der Waals surface area (Å²) in [5.74, 6) is 0.648. The van der Waals surface area contributed by atoms with Gasteiger partial charge in [0.1, 0.15) is 5.82 Å². The second-order valence-electron chi connectivity index (χ2n) is 3.78. The lowest BCUT2D eigenvalue weighted by Gasteiger charge is -2.13. The van der Waals surface area contributed by atoms with Crippen molar-refractivity contribution in [3.63, 3.8) is 0 Å². The zero-order chi connectivity index (χ0) is 9.26. The van der Waals surface area contributed by atoms with Gasteiger partial charge in [-0.15, -0.1) is 0 Å². The molecule has 1 fully saturated rings. The van der Waals surface area contributed by atoms with Crippen LogP contribution in [0.1, 0.15) is 19.8 Å². The molecule has 1 aliphatic rings. The number of hydrogen-bond acceptors (Lipinski definition) is 1. The highest BCUT2D eigenvalue weighted by atomic mass is 19.1. The van der Waals surface area contributed by atoms with Gasteiger partial charge in [0, 0.05) is 11.7 Å². The maximum atomic E-state index is 12.6. The molecule has 0 bridgehead atoms. The minimum absolute atomic E-state index is 0.176. The molecule has 0 heterocycles. The predicted octanol–water partition coefficient (Wildman–Crippen LogP) is 3.04. The number of anilines is 1. The Kier molecular flexibility index (Phi) is 2.21. The van der Waals surface area contributed by atoms with Crippen molar-refractivity contribution in [3.8, 4) is 0 Å². The van der Waals surface area contributed by atoms with Gasteiger partial charge in [-0.2, -0.15) is 0 Å². The van der Waals surface area contributed by atoms with Crippen LogP contribution in [0, 0.1) is 11.7 Å². The van der Waals surface area contributed by atoms with Crippen LogP contribution in [0.4, 0.5) is 10.1 Å². The summed E-state index contributed by atoms with van der Waals surface area (Å²) >= 11 is 0. The fourth-order valence-corrected chi connectivity index (χ4v) is 1.52. The molecule has 13 heavy (non-hydrogen) atoms. The van der Waals surface area contributed by atoms with Crippen LogP contribution in [0.15, 0.2) is 24.3 Å². The topological polar surface area (TPSA) is 12.0 Å². The average molecular weight is 179 g/mol. The first-order valence-electron chi connectivity index (χ1n) is 4.78. The third-order valence-electron chi connectivity index (χ3n) is 2.57. The van der Waals surface area contributed by atoms with Gasteiger partial charge >= 0.3 is 0 Å². The molecule has 1 aromatic carbocycles. The van der Waals surface area contributed by atoms with Crippen LogP contribution in [-0.2, 0) is 0 Å². The number of hydrogen-bond donors (Lipinski definition) is 1. The van der Waals surface area contributed by atoms with E-state index >= 15 is 0 Å². The molecule has 0 unspecified atom stereocenters. The monoisotopic (exact) mass is 179 g/mol. The number of rotatable bonds is 3. The first-order valence-corrected chi connectivity index (χ1v) is 4.78. The molecule has 1 nitrogen and oxygen atoms in total. The van der Waals surface area contributed by atoms with Crippen LogP contribution in [0.2, 0.25) is 0 Å². The first-order chi connectivity index (χ1) is 6.25. The Morgan fingerprint density at radius 3 is 2.46 bits per heavy atom. The van der Waals surface area contributed by atoms with Crippen molar-refractivity contribution < 1.29 is 4.39 Å². The normalized spacial score (nSPS) is 18.3. The average Bonchev–Trinajstić information content (AvgIpc) is 2.91. The third kappa shape index (κ3) is 2.20. The van der Waals surface area contributed by atoms with Gasteiger partial charge in [0.2, 0.25) is 0 Å². The predicted molar refractivity (Wildman–Crippen MR) is 52.2 cm³/mol. The first kappa shape index (κ1) is 8.54. The van der Waals surface area contributed by atoms with Crippen LogP contribution in [-0.4, -0.2) is 6.04 Å². The molecule has 0 amide bonds. The minimum Gasteiger partial charge on any atom is -0.382 e. The van der Waals surface area contributed by atoms with Crippen LogP contribution >= 0.6 is 0 Å². The fraction of sp³-hybridized carbons (Fsp3) is 0.455. The van der Waals surface area contributed by atoms with E-state index in [1.54, 1.807) is 12.1 Å². The largest absolute Gasteiger partial charge is 0.382 e. The summed E-state index contributed by atoms with van der Waals surface area (Å²) in [4.78, 5) is 0. The number of nitrogens with one attached hydrogen (secondary N) is 1. The van der Waals surface area contributed by atoms with Gasteiger partial charge in [-0.05, 0) is 49.9 Å². The molecular formula is C11H14FN. The van der Waals surface area contributed by atoms with Gasteiger partial charge in [-0.25, -0.2) is 4.39 Å². The van der Waals surface area contributed by atoms with Gasteiger partial charge in [-0.3, -0.25) is 0 Å². The molecule has 0 saturated heterocycles. The summed E-state index contributed by atoms with van der Waals surface area (Å²) in [7, 11) is 0. The maximum Gasteiger partial charge on any atom is 0.123 e. The SMILES string of the molecule is C[C@H](Nc1ccc(F)cc1)C1CC1. The number of halogens is 1. The van der Waals surface area contributed by atoms with Crippen molar-refractivity contribution in [3.05, 3.63) is 30.1 Å². The zero-order valence-electron chi connectivity index (χ0n) is 7.76. The van der Waals surface area contributed by atoms with Crippen molar-refractivity contribution in [2.45, 2.75) is 25.8 Å². The Hall–Kier alpha value is -1.05. The summed E-state index contributed by atoms with van der Waals surface area (Å²) in [6.45, 7) is 2.18. The van der Waals surface area contributed by atoms with E-state index in [0.717, 1.165) is 11.6 Å². The molecule has 0 radical (unpaired) electrons. The summed E-state index contributed by atoms with van der Waals surface area (Å²) in [6.07, 6.45) is 2.66. The minimum atomic E-state index is -0.176. The smallest absolute Gasteiger partial charge is 0.123 e. The third-order valence-corrected chi connectivity index (χ3v) is 2.57. The molecule has 1 atom stereocenters. The fourth-order valence-electron chi connectivity index (χ4n) is 1.52. The lowest BCUT2D eigenvalue weighted by atomic mass is 10.2. The lowest BCUT2D eigenvalue weighted by molar-refractivity contribution is 0.627. The van der Waals surface area contributed by atoms with Gasteiger partial charge in [0.05, 0.1) is 0 Å². The highest BCUT2D eigenvalue weighted by Gasteiger charge is 2.27. The van der Waals surface area contributed by atoms with E-state index < -0.39 is 0 Å². The van der Waals surface area contributed by atoms with Gasteiger partial charge in [0.25, 0.3) is 0 Å². The van der Waals surface area contributed by atoms with Crippen molar-refractivity contribution in [2.75, 3.05) is 5.32 Å². The molecule has 1 N–H and O–H groups in total. The van der Waals surface area contributed by atoms with Crippen LogP contribution < -0.4 is 5.32 Å². The summed E-state index contributed by atoms with van der Waals surface area (Å²) in [6, 6.07) is 7.07. The Morgan fingerprint density at radius 2 is 1.92 bits per heavy atom. The molecule has 1 aliphatic carbocycles. The van der Waals surface area contributed by atoms with E-state index in [1.165, 1.54) is 25.0 Å². The van der Waals surface area contributed by atoms with E-state index in [2.05, 4.69) is 12.2 Å². The second-order valence-corrected chi connectivity index (χ2v) is 3.78. The van der Waals surface area contributed by atoms with E-state index in [-0.39, 0.29) is 5.82 Å². The Balaban J connectivity index is 1.96. The molecular weight excluding hydrogens is 165 g/mol. The zero-order valence-corrected chi connectivity index (χ0v) is 7.76. The van der Waals surface area contributed by atoms with Crippen molar-refractivity contribution in [2.24, 2.45) is 5.92 Å². The molecule has 1 aromatic rings. The lowest BCUT2D eigenvalue weighted by Crippen LogP contribution is -2.16. The van der Waals surface area contributed by atoms with Crippen LogP contribution in [0.3, 0.4) is 0 Å². The highest BCUT2D eigenvalue weighted by molar-refractivity contribution is 5.43. The highest BCUT2D eigenvalue weighted by Crippen LogP contribution is 2.33. The van der Waals surface area contributed by atoms with Crippen LogP contribution in [0.5, 0.6) is 0 Å². The van der Waals surface area contributed by atoms with Crippen molar-refractivity contribution >= 4 is 5.69 Å². The van der Waals surface area contributed by atoms with E-state index in [1.807, 2.05) is 0 Å². The van der Waals surface area contributed by atoms with Crippen molar-refractivity contribution in [1.82, 2.24) is 0 Å². The summed E-state index contributed by atoms with van der Waals surface area (Å²) < 4.78 is 12.6. The van der Waals surface area contributed by atoms with Gasteiger partial charge in [0.15, 0.2) is 0 Å². The van der Waals surface area contributed by atoms with Gasteiger partial charge < -0.3 is 5.32 Å². The molecule has 0 spiro atoms. The molecule has 0 aromatic heterocycles. The van der Waals surface area contributed by atoms with E-state index in [0.29, 0.717) is 6.04 Å². The molecule has 0 aliphatic heterocycles. The molecule has 70 valence electrons. The maximum absolute atomic E-state index is 12.6. The standard InChI is InChI=1S/C11H14FN/c1-8(9-2-3-9)13-11-6-4-10(12)5-7-11/h4-9,13H,2-3H2,1H3/t8-/m0/s1. The Morgan fingerprint density at radius 1 is 1.31 bits per heavy atom.